The number of nitrogens with zero attached hydrogens (tertiary/aromatic N) is 1. The first kappa shape index (κ1) is 17.0. The highest BCUT2D eigenvalue weighted by atomic mass is 16.5. The third-order valence-electron chi connectivity index (χ3n) is 4.28. The van der Waals surface area contributed by atoms with Gasteiger partial charge in [-0.05, 0) is 31.0 Å². The number of amides is 2. The van der Waals surface area contributed by atoms with E-state index in [4.69, 9.17) is 4.74 Å². The van der Waals surface area contributed by atoms with Crippen molar-refractivity contribution in [2.24, 2.45) is 0 Å². The third kappa shape index (κ3) is 3.65. The second kappa shape index (κ2) is 7.38. The highest BCUT2D eigenvalue weighted by molar-refractivity contribution is 6.06. The quantitative estimate of drug-likeness (QED) is 0.824. The fourth-order valence-corrected chi connectivity index (χ4v) is 3.08. The molecule has 0 fully saturated rings. The molecule has 1 aliphatic rings. The minimum atomic E-state index is -0.592. The number of ether oxygens (including phenoxy) is 1. The van der Waals surface area contributed by atoms with Crippen molar-refractivity contribution >= 4 is 17.5 Å². The Hall–Kier alpha value is -2.82. The SMILES string of the molecule is CC(=O)NC1C(=O)N(CCCOc2ccccc2C)c2ccccc21. The lowest BCUT2D eigenvalue weighted by Crippen LogP contribution is -2.37. The van der Waals surface area contributed by atoms with E-state index < -0.39 is 6.04 Å². The molecule has 0 radical (unpaired) electrons. The molecule has 2 aromatic carbocycles. The number of hydrogen-bond donors (Lipinski definition) is 1. The molecule has 1 unspecified atom stereocenters. The number of aryl methyl sites for hydroxylation is 1. The predicted molar refractivity (Wildman–Crippen MR) is 96.6 cm³/mol. The summed E-state index contributed by atoms with van der Waals surface area (Å²) in [6.07, 6.45) is 0.710. The van der Waals surface area contributed by atoms with Crippen molar-refractivity contribution in [3.05, 3.63) is 59.7 Å². The Morgan fingerprint density at radius 1 is 1.16 bits per heavy atom. The van der Waals surface area contributed by atoms with Crippen molar-refractivity contribution in [2.75, 3.05) is 18.1 Å². The van der Waals surface area contributed by atoms with Gasteiger partial charge in [-0.25, -0.2) is 0 Å². The molecular formula is C20H22N2O3. The van der Waals surface area contributed by atoms with E-state index in [1.165, 1.54) is 6.92 Å². The number of benzene rings is 2. The summed E-state index contributed by atoms with van der Waals surface area (Å²) in [7, 11) is 0. The zero-order chi connectivity index (χ0) is 17.8. The van der Waals surface area contributed by atoms with Gasteiger partial charge in [0.2, 0.25) is 5.91 Å². The normalized spacial score (nSPS) is 15.8. The van der Waals surface area contributed by atoms with Gasteiger partial charge in [0.1, 0.15) is 11.8 Å². The largest absolute Gasteiger partial charge is 0.493 e. The molecule has 0 saturated carbocycles. The van der Waals surface area contributed by atoms with Gasteiger partial charge in [-0.15, -0.1) is 0 Å². The van der Waals surface area contributed by atoms with Crippen LogP contribution in [0.3, 0.4) is 0 Å². The number of anilines is 1. The van der Waals surface area contributed by atoms with E-state index in [1.807, 2.05) is 55.5 Å². The molecule has 0 aliphatic carbocycles. The molecule has 1 atom stereocenters. The standard InChI is InChI=1S/C20H22N2O3/c1-14-8-3-6-11-18(14)25-13-7-12-22-17-10-5-4-9-16(17)19(20(22)24)21-15(2)23/h3-6,8-11,19H,7,12-13H2,1-2H3,(H,21,23). The summed E-state index contributed by atoms with van der Waals surface area (Å²) in [4.78, 5) is 25.8. The van der Waals surface area contributed by atoms with Gasteiger partial charge in [-0.3, -0.25) is 9.59 Å². The maximum absolute atomic E-state index is 12.7. The molecule has 5 nitrogen and oxygen atoms in total. The third-order valence-corrected chi connectivity index (χ3v) is 4.28. The molecule has 0 bridgehead atoms. The van der Waals surface area contributed by atoms with Crippen molar-refractivity contribution in [3.63, 3.8) is 0 Å². The smallest absolute Gasteiger partial charge is 0.254 e. The minimum absolute atomic E-state index is 0.0905. The second-order valence-corrected chi connectivity index (χ2v) is 6.15. The van der Waals surface area contributed by atoms with Gasteiger partial charge in [-0.2, -0.15) is 0 Å². The zero-order valence-electron chi connectivity index (χ0n) is 14.5. The Labute approximate surface area is 147 Å². The van der Waals surface area contributed by atoms with Crippen LogP contribution in [-0.4, -0.2) is 25.0 Å². The maximum atomic E-state index is 12.7. The van der Waals surface area contributed by atoms with Gasteiger partial charge >= 0.3 is 0 Å². The number of nitrogens with one attached hydrogen (secondary N) is 1. The fourth-order valence-electron chi connectivity index (χ4n) is 3.08. The van der Waals surface area contributed by atoms with Crippen LogP contribution in [0.4, 0.5) is 5.69 Å². The number of carbonyl (C=O) groups is 2. The topological polar surface area (TPSA) is 58.6 Å². The molecule has 0 aromatic heterocycles. The lowest BCUT2D eigenvalue weighted by Gasteiger charge is -2.18. The van der Waals surface area contributed by atoms with E-state index in [1.54, 1.807) is 4.90 Å². The average molecular weight is 338 g/mol. The zero-order valence-corrected chi connectivity index (χ0v) is 14.5. The first-order valence-electron chi connectivity index (χ1n) is 8.44. The van der Waals surface area contributed by atoms with Crippen molar-refractivity contribution in [3.8, 4) is 5.75 Å². The summed E-state index contributed by atoms with van der Waals surface area (Å²) in [5.41, 5.74) is 2.81. The van der Waals surface area contributed by atoms with Crippen LogP contribution < -0.4 is 15.0 Å². The first-order valence-corrected chi connectivity index (χ1v) is 8.44. The van der Waals surface area contributed by atoms with Crippen LogP contribution in [0.1, 0.15) is 30.5 Å². The molecule has 1 N–H and O–H groups in total. The van der Waals surface area contributed by atoms with E-state index >= 15 is 0 Å². The van der Waals surface area contributed by atoms with Crippen LogP contribution in [0.25, 0.3) is 0 Å². The number of para-hydroxylation sites is 2. The Kier molecular flexibility index (Phi) is 5.03. The molecule has 2 aromatic rings. The van der Waals surface area contributed by atoms with E-state index in [2.05, 4.69) is 5.32 Å². The van der Waals surface area contributed by atoms with Crippen LogP contribution in [0, 0.1) is 6.92 Å². The van der Waals surface area contributed by atoms with Crippen molar-refractivity contribution < 1.29 is 14.3 Å². The van der Waals surface area contributed by atoms with Gasteiger partial charge in [-0.1, -0.05) is 36.4 Å². The summed E-state index contributed by atoms with van der Waals surface area (Å²) in [5, 5.41) is 2.74. The Bertz CT molecular complexity index is 788. The molecule has 0 saturated heterocycles. The van der Waals surface area contributed by atoms with Crippen LogP contribution >= 0.6 is 0 Å². The van der Waals surface area contributed by atoms with Crippen molar-refractivity contribution in [1.29, 1.82) is 0 Å². The number of fused-ring (bicyclic) bond motifs is 1. The molecule has 2 amide bonds. The maximum Gasteiger partial charge on any atom is 0.254 e. The summed E-state index contributed by atoms with van der Waals surface area (Å²) in [6.45, 7) is 4.52. The lowest BCUT2D eigenvalue weighted by atomic mass is 10.1. The number of hydrogen-bond acceptors (Lipinski definition) is 3. The molecular weight excluding hydrogens is 316 g/mol. The predicted octanol–water partition coefficient (Wildman–Crippen LogP) is 2.99. The Balaban J connectivity index is 1.63. The molecule has 130 valence electrons. The van der Waals surface area contributed by atoms with E-state index in [0.717, 1.165) is 22.6 Å². The molecule has 5 heteroatoms. The highest BCUT2D eigenvalue weighted by Gasteiger charge is 2.37. The molecule has 1 aliphatic heterocycles. The van der Waals surface area contributed by atoms with Gasteiger partial charge in [0.05, 0.1) is 6.61 Å². The van der Waals surface area contributed by atoms with E-state index in [0.29, 0.717) is 19.6 Å². The summed E-state index contributed by atoms with van der Waals surface area (Å²) in [6, 6.07) is 14.9. The summed E-state index contributed by atoms with van der Waals surface area (Å²) < 4.78 is 5.80. The second-order valence-electron chi connectivity index (χ2n) is 6.15. The number of carbonyl (C=O) groups excluding carboxylic acids is 2. The average Bonchev–Trinajstić information content (AvgIpc) is 2.85. The van der Waals surface area contributed by atoms with Crippen LogP contribution in [0.5, 0.6) is 5.75 Å². The van der Waals surface area contributed by atoms with Gasteiger partial charge in [0, 0.05) is 24.7 Å². The van der Waals surface area contributed by atoms with E-state index in [9.17, 15) is 9.59 Å². The fraction of sp³-hybridized carbons (Fsp3) is 0.300. The Morgan fingerprint density at radius 2 is 1.88 bits per heavy atom. The van der Waals surface area contributed by atoms with Crippen molar-refractivity contribution in [1.82, 2.24) is 5.32 Å². The minimum Gasteiger partial charge on any atom is -0.493 e. The monoisotopic (exact) mass is 338 g/mol. The van der Waals surface area contributed by atoms with E-state index in [-0.39, 0.29) is 11.8 Å². The molecule has 1 heterocycles. The lowest BCUT2D eigenvalue weighted by molar-refractivity contribution is -0.126. The van der Waals surface area contributed by atoms with Crippen LogP contribution in [0.2, 0.25) is 0 Å². The van der Waals surface area contributed by atoms with Crippen LogP contribution in [0.15, 0.2) is 48.5 Å². The van der Waals surface area contributed by atoms with Crippen LogP contribution in [-0.2, 0) is 9.59 Å². The van der Waals surface area contributed by atoms with Gasteiger partial charge in [0.25, 0.3) is 5.91 Å². The highest BCUT2D eigenvalue weighted by Crippen LogP contribution is 2.35. The Morgan fingerprint density at radius 3 is 2.64 bits per heavy atom. The molecule has 0 spiro atoms. The van der Waals surface area contributed by atoms with Gasteiger partial charge in [0.15, 0.2) is 0 Å². The molecule has 25 heavy (non-hydrogen) atoms. The molecule has 3 rings (SSSR count). The summed E-state index contributed by atoms with van der Waals surface area (Å²) in [5.74, 6) is 0.567. The number of rotatable bonds is 6. The summed E-state index contributed by atoms with van der Waals surface area (Å²) >= 11 is 0. The van der Waals surface area contributed by atoms with Crippen molar-refractivity contribution in [2.45, 2.75) is 26.3 Å². The van der Waals surface area contributed by atoms with Gasteiger partial charge < -0.3 is 15.0 Å². The first-order chi connectivity index (χ1) is 12.1.